The highest BCUT2D eigenvalue weighted by atomic mass is 32.1. The molecule has 8 heteroatoms. The van der Waals surface area contributed by atoms with Crippen molar-refractivity contribution in [3.8, 4) is 0 Å². The van der Waals surface area contributed by atoms with E-state index in [2.05, 4.69) is 5.32 Å². The molecule has 0 atom stereocenters. The van der Waals surface area contributed by atoms with E-state index >= 15 is 0 Å². The molecular formula is C25H32N4O3S. The largest absolute Gasteiger partial charge is 0.385 e. The van der Waals surface area contributed by atoms with E-state index in [9.17, 15) is 9.59 Å². The van der Waals surface area contributed by atoms with Gasteiger partial charge in [0, 0.05) is 39.8 Å². The summed E-state index contributed by atoms with van der Waals surface area (Å²) < 4.78 is 7.24. The number of anilines is 1. The minimum Gasteiger partial charge on any atom is -0.385 e. The number of ether oxygens (including phenoxy) is 1. The normalized spacial score (nSPS) is 14.5. The predicted octanol–water partition coefficient (Wildman–Crippen LogP) is 4.93. The summed E-state index contributed by atoms with van der Waals surface area (Å²) in [6.07, 6.45) is 6.35. The number of aryl methyl sites for hydroxylation is 1. The Morgan fingerprint density at radius 1 is 1.24 bits per heavy atom. The van der Waals surface area contributed by atoms with Gasteiger partial charge in [-0.1, -0.05) is 31.4 Å². The third-order valence-electron chi connectivity index (χ3n) is 6.26. The Kier molecular flexibility index (Phi) is 7.77. The number of methoxy groups -OCH3 is 1. The van der Waals surface area contributed by atoms with E-state index in [0.717, 1.165) is 48.7 Å². The second-order valence-corrected chi connectivity index (χ2v) is 9.66. The number of hydrogen-bond acceptors (Lipinski definition) is 5. The Morgan fingerprint density at radius 2 is 2.06 bits per heavy atom. The number of nitrogens with one attached hydrogen (secondary N) is 1. The summed E-state index contributed by atoms with van der Waals surface area (Å²) in [5.74, 6) is 0.768. The van der Waals surface area contributed by atoms with Crippen molar-refractivity contribution < 1.29 is 14.3 Å². The molecule has 2 heterocycles. The van der Waals surface area contributed by atoms with Crippen LogP contribution >= 0.6 is 11.3 Å². The average Bonchev–Trinajstić information content (AvgIpc) is 3.48. The van der Waals surface area contributed by atoms with Crippen LogP contribution in [-0.4, -0.2) is 47.0 Å². The summed E-state index contributed by atoms with van der Waals surface area (Å²) in [7, 11) is 3.57. The molecule has 4 rings (SSSR count). The number of nitrogens with zero attached hydrogens (tertiary/aromatic N) is 3. The fourth-order valence-electron chi connectivity index (χ4n) is 4.55. The number of imidazole rings is 1. The predicted molar refractivity (Wildman–Crippen MR) is 132 cm³/mol. The maximum Gasteiger partial charge on any atom is 0.268 e. The van der Waals surface area contributed by atoms with Crippen LogP contribution < -0.4 is 5.32 Å². The molecule has 1 aromatic carbocycles. The van der Waals surface area contributed by atoms with Crippen molar-refractivity contribution in [1.82, 2.24) is 14.5 Å². The van der Waals surface area contributed by atoms with Crippen molar-refractivity contribution >= 4 is 40.1 Å². The zero-order valence-electron chi connectivity index (χ0n) is 19.4. The van der Waals surface area contributed by atoms with Gasteiger partial charge >= 0.3 is 0 Å². The van der Waals surface area contributed by atoms with Crippen LogP contribution in [0, 0.1) is 5.92 Å². The van der Waals surface area contributed by atoms with Crippen LogP contribution in [0.3, 0.4) is 0 Å². The highest BCUT2D eigenvalue weighted by Gasteiger charge is 2.24. The molecule has 1 fully saturated rings. The number of aromatic nitrogens is 2. The fraction of sp³-hybridized carbons (Fsp3) is 0.480. The third kappa shape index (κ3) is 5.62. The lowest BCUT2D eigenvalue weighted by Crippen LogP contribution is -2.33. The van der Waals surface area contributed by atoms with Gasteiger partial charge in [0.15, 0.2) is 0 Å². The number of hydrogen-bond donors (Lipinski definition) is 1. The fourth-order valence-corrected chi connectivity index (χ4v) is 5.17. The van der Waals surface area contributed by atoms with Crippen LogP contribution in [0.4, 0.5) is 5.95 Å². The minimum atomic E-state index is -0.161. The molecule has 3 aromatic rings. The second-order valence-electron chi connectivity index (χ2n) is 8.72. The minimum absolute atomic E-state index is 0.159. The quantitative estimate of drug-likeness (QED) is 0.452. The summed E-state index contributed by atoms with van der Waals surface area (Å²) in [4.78, 5) is 32.7. The monoisotopic (exact) mass is 468 g/mol. The first kappa shape index (κ1) is 23.4. The van der Waals surface area contributed by atoms with Crippen LogP contribution in [0.2, 0.25) is 0 Å². The van der Waals surface area contributed by atoms with E-state index in [0.29, 0.717) is 30.5 Å². The van der Waals surface area contributed by atoms with E-state index in [1.807, 2.05) is 46.2 Å². The summed E-state index contributed by atoms with van der Waals surface area (Å²) >= 11 is 1.40. The van der Waals surface area contributed by atoms with Crippen molar-refractivity contribution in [1.29, 1.82) is 0 Å². The van der Waals surface area contributed by atoms with Gasteiger partial charge in [-0.3, -0.25) is 14.9 Å². The third-order valence-corrected chi connectivity index (χ3v) is 7.13. The van der Waals surface area contributed by atoms with Gasteiger partial charge in [-0.2, -0.15) is 0 Å². The molecule has 1 aliphatic rings. The van der Waals surface area contributed by atoms with Crippen LogP contribution in [0.5, 0.6) is 0 Å². The molecule has 176 valence electrons. The van der Waals surface area contributed by atoms with Crippen molar-refractivity contribution in [2.75, 3.05) is 26.1 Å². The van der Waals surface area contributed by atoms with Crippen molar-refractivity contribution in [3.05, 3.63) is 46.2 Å². The van der Waals surface area contributed by atoms with Gasteiger partial charge in [0.05, 0.1) is 15.9 Å². The lowest BCUT2D eigenvalue weighted by molar-refractivity contribution is -0.135. The first-order valence-electron chi connectivity index (χ1n) is 11.6. The zero-order chi connectivity index (χ0) is 23.2. The summed E-state index contributed by atoms with van der Waals surface area (Å²) in [5.41, 5.74) is 2.80. The van der Waals surface area contributed by atoms with E-state index < -0.39 is 0 Å². The van der Waals surface area contributed by atoms with Gasteiger partial charge in [-0.25, -0.2) is 4.98 Å². The highest BCUT2D eigenvalue weighted by Crippen LogP contribution is 2.27. The molecule has 0 radical (unpaired) electrons. The molecule has 0 bridgehead atoms. The molecule has 2 aromatic heterocycles. The van der Waals surface area contributed by atoms with Crippen LogP contribution in [0.1, 0.15) is 53.8 Å². The van der Waals surface area contributed by atoms with Crippen LogP contribution in [-0.2, 0) is 22.6 Å². The lowest BCUT2D eigenvalue weighted by atomic mass is 9.88. The molecule has 0 unspecified atom stereocenters. The molecule has 1 aliphatic carbocycles. The van der Waals surface area contributed by atoms with Gasteiger partial charge in [-0.05, 0) is 48.4 Å². The highest BCUT2D eigenvalue weighted by molar-refractivity contribution is 7.12. The average molecular weight is 469 g/mol. The zero-order valence-corrected chi connectivity index (χ0v) is 20.2. The SMILES string of the molecule is COCCCn1c(NC(=O)c2cccs2)nc2cc(CN(C)C(=O)C3CCCCC3)ccc21. The Bertz CT molecular complexity index is 1090. The van der Waals surface area contributed by atoms with Gasteiger partial charge in [0.1, 0.15) is 0 Å². The van der Waals surface area contributed by atoms with Gasteiger partial charge < -0.3 is 14.2 Å². The summed E-state index contributed by atoms with van der Waals surface area (Å²) in [5, 5.41) is 4.85. The number of carbonyl (C=O) groups is 2. The molecule has 0 saturated heterocycles. The van der Waals surface area contributed by atoms with E-state index in [1.54, 1.807) is 13.2 Å². The smallest absolute Gasteiger partial charge is 0.268 e. The van der Waals surface area contributed by atoms with E-state index in [1.165, 1.54) is 17.8 Å². The first-order chi connectivity index (χ1) is 16.1. The lowest BCUT2D eigenvalue weighted by Gasteiger charge is -2.26. The molecule has 1 N–H and O–H groups in total. The topological polar surface area (TPSA) is 76.5 Å². The Labute approximate surface area is 198 Å². The van der Waals surface area contributed by atoms with Crippen molar-refractivity contribution in [3.63, 3.8) is 0 Å². The Hall–Kier alpha value is -2.71. The number of amides is 2. The van der Waals surface area contributed by atoms with Crippen molar-refractivity contribution in [2.24, 2.45) is 5.92 Å². The maximum absolute atomic E-state index is 12.9. The van der Waals surface area contributed by atoms with E-state index in [4.69, 9.17) is 9.72 Å². The number of carbonyl (C=O) groups excluding carboxylic acids is 2. The second kappa shape index (κ2) is 10.9. The molecule has 33 heavy (non-hydrogen) atoms. The number of benzene rings is 1. The Morgan fingerprint density at radius 3 is 2.79 bits per heavy atom. The summed E-state index contributed by atoms with van der Waals surface area (Å²) in [6, 6.07) is 9.76. The van der Waals surface area contributed by atoms with Crippen molar-refractivity contribution in [2.45, 2.75) is 51.6 Å². The van der Waals surface area contributed by atoms with Crippen LogP contribution in [0.15, 0.2) is 35.7 Å². The molecular weight excluding hydrogens is 436 g/mol. The molecule has 1 saturated carbocycles. The van der Waals surface area contributed by atoms with Gasteiger partial charge in [0.25, 0.3) is 5.91 Å². The molecule has 0 spiro atoms. The number of rotatable bonds is 9. The molecule has 7 nitrogen and oxygen atoms in total. The summed E-state index contributed by atoms with van der Waals surface area (Å²) in [6.45, 7) is 1.87. The molecule has 0 aliphatic heterocycles. The van der Waals surface area contributed by atoms with Crippen LogP contribution in [0.25, 0.3) is 11.0 Å². The standard InChI is InChI=1S/C25H32N4O3S/c1-28(24(31)19-8-4-3-5-9-19)17-18-11-12-21-20(16-18)26-25(29(21)13-7-14-32-2)27-23(30)22-10-6-15-33-22/h6,10-12,15-16,19H,3-5,7-9,13-14,17H2,1-2H3,(H,26,27,30). The van der Waals surface area contributed by atoms with Gasteiger partial charge in [0.2, 0.25) is 11.9 Å². The Balaban J connectivity index is 1.54. The maximum atomic E-state index is 12.9. The van der Waals surface area contributed by atoms with E-state index in [-0.39, 0.29) is 17.7 Å². The van der Waals surface area contributed by atoms with Gasteiger partial charge in [-0.15, -0.1) is 11.3 Å². The molecule has 2 amide bonds. The number of thiophene rings is 1. The first-order valence-corrected chi connectivity index (χ1v) is 12.5. The number of fused-ring (bicyclic) bond motifs is 1.